The lowest BCUT2D eigenvalue weighted by Gasteiger charge is -2.20. The molecule has 0 aromatic carbocycles. The number of phosphoric acid groups is 1. The molecule has 2 unspecified atom stereocenters. The molecule has 0 fully saturated rings. The van der Waals surface area contributed by atoms with E-state index in [2.05, 4.69) is 62.5 Å². The van der Waals surface area contributed by atoms with E-state index in [-0.39, 0.29) is 32.3 Å². The van der Waals surface area contributed by atoms with Gasteiger partial charge in [-0.25, -0.2) is 4.57 Å². The molecule has 370 valence electrons. The molecule has 9 heteroatoms. The predicted molar refractivity (Wildman–Crippen MR) is 270 cm³/mol. The van der Waals surface area contributed by atoms with Gasteiger partial charge in [0, 0.05) is 19.6 Å². The molecule has 0 radical (unpaired) electrons. The fourth-order valence-corrected chi connectivity index (χ4v) is 8.40. The summed E-state index contributed by atoms with van der Waals surface area (Å²) in [6.07, 6.45) is 63.0. The van der Waals surface area contributed by atoms with Gasteiger partial charge in [0.2, 0.25) is 0 Å². The minimum Gasteiger partial charge on any atom is -0.457 e. The second-order valence-electron chi connectivity index (χ2n) is 17.7. The molecule has 0 aromatic heterocycles. The first-order chi connectivity index (χ1) is 30.9. The number of allylic oxidation sites excluding steroid dienone is 8. The SMILES string of the molecule is CC/C=C\C/C=C\C/C=C\C/C=C\CCCCCCCCC(=O)OC(COCCCCCCCCCCCCCCCCCCCCCCCCCCC)COP(=O)(O)OCCN. The number of nitrogens with two attached hydrogens (primary N) is 1. The molecule has 8 nitrogen and oxygen atoms in total. The van der Waals surface area contributed by atoms with Gasteiger partial charge in [0.25, 0.3) is 0 Å². The van der Waals surface area contributed by atoms with Gasteiger partial charge in [-0.1, -0.05) is 242 Å². The highest BCUT2D eigenvalue weighted by molar-refractivity contribution is 7.47. The van der Waals surface area contributed by atoms with Gasteiger partial charge in [0.1, 0.15) is 6.10 Å². The molecule has 2 atom stereocenters. The minimum atomic E-state index is -4.29. The standard InChI is InChI=1S/C54H102NO7P/c1-3-5-7-9-11-13-15-17-19-21-23-24-25-26-27-28-30-32-34-36-38-40-42-44-46-49-59-51-53(52-61-63(57,58)60-50-48-55)62-54(56)47-45-43-41-39-37-35-33-31-29-22-20-18-16-14-12-10-8-6-4-2/h6,8,12,14,18,20,29,31,53H,3-5,7,9-11,13,15-17,19,21-28,30,32-52,55H2,1-2H3,(H,57,58)/b8-6-,14-12-,20-18-,31-29-. The number of hydrogen-bond acceptors (Lipinski definition) is 7. The van der Waals surface area contributed by atoms with Crippen LogP contribution in [0, 0.1) is 0 Å². The average molecular weight is 908 g/mol. The van der Waals surface area contributed by atoms with Gasteiger partial charge < -0.3 is 20.1 Å². The lowest BCUT2D eigenvalue weighted by Crippen LogP contribution is -2.28. The van der Waals surface area contributed by atoms with E-state index in [0.29, 0.717) is 13.0 Å². The zero-order valence-electron chi connectivity index (χ0n) is 41.3. The van der Waals surface area contributed by atoms with Crippen LogP contribution >= 0.6 is 7.82 Å². The molecule has 0 aliphatic heterocycles. The first kappa shape index (κ1) is 61.5. The van der Waals surface area contributed by atoms with Crippen molar-refractivity contribution in [2.75, 3.05) is 33.0 Å². The van der Waals surface area contributed by atoms with Gasteiger partial charge in [0.15, 0.2) is 0 Å². The number of hydrogen-bond donors (Lipinski definition) is 2. The largest absolute Gasteiger partial charge is 0.472 e. The molecule has 3 N–H and O–H groups in total. The summed E-state index contributed by atoms with van der Waals surface area (Å²) >= 11 is 0. The Hall–Kier alpha value is -1.54. The molecule has 0 heterocycles. The summed E-state index contributed by atoms with van der Waals surface area (Å²) in [5.74, 6) is -0.341. The van der Waals surface area contributed by atoms with Gasteiger partial charge in [-0.3, -0.25) is 13.8 Å². The molecule has 63 heavy (non-hydrogen) atoms. The Balaban J connectivity index is 3.90. The van der Waals surface area contributed by atoms with Crippen LogP contribution in [0.3, 0.4) is 0 Å². The van der Waals surface area contributed by atoms with E-state index in [9.17, 15) is 14.3 Å². The third kappa shape index (κ3) is 51.3. The third-order valence-corrected chi connectivity index (χ3v) is 12.5. The van der Waals surface area contributed by atoms with Crippen LogP contribution in [0.5, 0.6) is 0 Å². The van der Waals surface area contributed by atoms with Crippen LogP contribution in [0.2, 0.25) is 0 Å². The van der Waals surface area contributed by atoms with E-state index >= 15 is 0 Å². The quantitative estimate of drug-likeness (QED) is 0.0268. The van der Waals surface area contributed by atoms with Crippen LogP contribution in [0.1, 0.15) is 251 Å². The smallest absolute Gasteiger partial charge is 0.457 e. The summed E-state index contributed by atoms with van der Waals surface area (Å²) in [5.41, 5.74) is 5.39. The molecule has 0 bridgehead atoms. The molecule has 0 aromatic rings. The molecular formula is C54H102NO7P. The number of esters is 1. The van der Waals surface area contributed by atoms with Crippen LogP contribution in [0.4, 0.5) is 0 Å². The number of carbonyl (C=O) groups excluding carboxylic acids is 1. The summed E-state index contributed by atoms with van der Waals surface area (Å²) in [6.45, 7) is 4.83. The summed E-state index contributed by atoms with van der Waals surface area (Å²) in [7, 11) is -4.29. The number of unbranched alkanes of at least 4 members (excludes halogenated alkanes) is 30. The predicted octanol–water partition coefficient (Wildman–Crippen LogP) is 16.7. The molecule has 0 aliphatic rings. The monoisotopic (exact) mass is 908 g/mol. The Morgan fingerprint density at radius 3 is 1.33 bits per heavy atom. The van der Waals surface area contributed by atoms with Crippen molar-refractivity contribution >= 4 is 13.8 Å². The Bertz CT molecular complexity index is 1110. The average Bonchev–Trinajstić information content (AvgIpc) is 3.28. The normalized spacial score (nSPS) is 13.7. The molecule has 0 rings (SSSR count). The first-order valence-corrected chi connectivity index (χ1v) is 28.1. The summed E-state index contributed by atoms with van der Waals surface area (Å²) in [5, 5.41) is 0. The highest BCUT2D eigenvalue weighted by Gasteiger charge is 2.25. The molecular weight excluding hydrogens is 806 g/mol. The Labute approximate surface area is 390 Å². The fourth-order valence-electron chi connectivity index (χ4n) is 7.64. The van der Waals surface area contributed by atoms with Gasteiger partial charge in [-0.05, 0) is 51.4 Å². The number of phosphoric ester groups is 1. The number of carbonyl (C=O) groups is 1. The van der Waals surface area contributed by atoms with Crippen molar-refractivity contribution in [1.82, 2.24) is 0 Å². The molecule has 0 aliphatic carbocycles. The summed E-state index contributed by atoms with van der Waals surface area (Å²) < 4.78 is 33.6. The Morgan fingerprint density at radius 1 is 0.492 bits per heavy atom. The fraction of sp³-hybridized carbons (Fsp3) is 0.833. The topological polar surface area (TPSA) is 117 Å². The highest BCUT2D eigenvalue weighted by Crippen LogP contribution is 2.43. The van der Waals surface area contributed by atoms with E-state index in [1.165, 1.54) is 161 Å². The van der Waals surface area contributed by atoms with Crippen molar-refractivity contribution in [3.05, 3.63) is 48.6 Å². The van der Waals surface area contributed by atoms with Crippen LogP contribution in [0.15, 0.2) is 48.6 Å². The van der Waals surface area contributed by atoms with Gasteiger partial charge in [-0.2, -0.15) is 0 Å². The van der Waals surface area contributed by atoms with Crippen LogP contribution in [-0.4, -0.2) is 49.9 Å². The van der Waals surface area contributed by atoms with Gasteiger partial charge in [-0.15, -0.1) is 0 Å². The lowest BCUT2D eigenvalue weighted by atomic mass is 10.0. The van der Waals surface area contributed by atoms with Crippen molar-refractivity contribution < 1.29 is 32.8 Å². The number of rotatable bonds is 51. The summed E-state index contributed by atoms with van der Waals surface area (Å²) in [6, 6.07) is 0. The van der Waals surface area contributed by atoms with Crippen LogP contribution < -0.4 is 5.73 Å². The molecule has 0 saturated heterocycles. The first-order valence-electron chi connectivity index (χ1n) is 26.6. The Morgan fingerprint density at radius 2 is 0.889 bits per heavy atom. The van der Waals surface area contributed by atoms with Crippen molar-refractivity contribution in [3.8, 4) is 0 Å². The van der Waals surface area contributed by atoms with Gasteiger partial charge in [0.05, 0.1) is 19.8 Å². The maximum atomic E-state index is 12.7. The van der Waals surface area contributed by atoms with Crippen molar-refractivity contribution in [2.24, 2.45) is 5.73 Å². The van der Waals surface area contributed by atoms with E-state index in [1.807, 2.05) is 0 Å². The van der Waals surface area contributed by atoms with E-state index in [4.69, 9.17) is 24.3 Å². The van der Waals surface area contributed by atoms with Crippen LogP contribution in [-0.2, 0) is 27.9 Å². The second kappa shape index (κ2) is 51.4. The third-order valence-electron chi connectivity index (χ3n) is 11.5. The maximum Gasteiger partial charge on any atom is 0.472 e. The molecule has 0 amide bonds. The number of ether oxygens (including phenoxy) is 2. The summed E-state index contributed by atoms with van der Waals surface area (Å²) in [4.78, 5) is 22.6. The van der Waals surface area contributed by atoms with E-state index in [0.717, 1.165) is 70.6 Å². The van der Waals surface area contributed by atoms with Crippen LogP contribution in [0.25, 0.3) is 0 Å². The maximum absolute atomic E-state index is 12.7. The van der Waals surface area contributed by atoms with E-state index < -0.39 is 13.9 Å². The Kier molecular flexibility index (Phi) is 50.2. The van der Waals surface area contributed by atoms with E-state index in [1.54, 1.807) is 0 Å². The minimum absolute atomic E-state index is 0.0976. The molecule has 0 spiro atoms. The molecule has 0 saturated carbocycles. The van der Waals surface area contributed by atoms with Crippen molar-refractivity contribution in [1.29, 1.82) is 0 Å². The highest BCUT2D eigenvalue weighted by atomic mass is 31.2. The zero-order chi connectivity index (χ0) is 45.8. The second-order valence-corrected chi connectivity index (χ2v) is 19.2. The van der Waals surface area contributed by atoms with Crippen molar-refractivity contribution in [2.45, 2.75) is 258 Å². The zero-order valence-corrected chi connectivity index (χ0v) is 42.2. The van der Waals surface area contributed by atoms with Crippen molar-refractivity contribution in [3.63, 3.8) is 0 Å². The lowest BCUT2D eigenvalue weighted by molar-refractivity contribution is -0.154. The van der Waals surface area contributed by atoms with Gasteiger partial charge >= 0.3 is 13.8 Å².